The lowest BCUT2D eigenvalue weighted by atomic mass is 9.95. The molecule has 88 valence electrons. The first kappa shape index (κ1) is 13.4. The van der Waals surface area contributed by atoms with Gasteiger partial charge in [-0.2, -0.15) is 0 Å². The summed E-state index contributed by atoms with van der Waals surface area (Å²) in [6.07, 6.45) is 3.35. The molecular weight excluding hydrogens is 264 g/mol. The number of rotatable bonds is 6. The highest BCUT2D eigenvalue weighted by molar-refractivity contribution is 9.10. The first-order valence-corrected chi connectivity index (χ1v) is 6.68. The summed E-state index contributed by atoms with van der Waals surface area (Å²) in [5, 5.41) is 0. The summed E-state index contributed by atoms with van der Waals surface area (Å²) in [4.78, 5) is 11.5. The van der Waals surface area contributed by atoms with E-state index in [9.17, 15) is 4.79 Å². The Hall–Kier alpha value is -0.630. The predicted molar refractivity (Wildman–Crippen MR) is 71.5 cm³/mol. The lowest BCUT2D eigenvalue weighted by Gasteiger charge is -2.11. The average molecular weight is 283 g/mol. The molecule has 0 aliphatic heterocycles. The van der Waals surface area contributed by atoms with Crippen molar-refractivity contribution in [2.75, 3.05) is 0 Å². The van der Waals surface area contributed by atoms with Gasteiger partial charge in [0.1, 0.15) is 5.78 Å². The molecule has 0 radical (unpaired) electrons. The van der Waals surface area contributed by atoms with E-state index in [-0.39, 0.29) is 0 Å². The first-order chi connectivity index (χ1) is 7.63. The molecule has 2 heteroatoms. The zero-order valence-corrected chi connectivity index (χ0v) is 11.6. The third-order valence-corrected chi connectivity index (χ3v) is 3.40. The second kappa shape index (κ2) is 6.85. The van der Waals surface area contributed by atoms with Crippen LogP contribution in [-0.4, -0.2) is 5.78 Å². The maximum atomic E-state index is 11.5. The van der Waals surface area contributed by atoms with Crippen molar-refractivity contribution in [3.8, 4) is 0 Å². The van der Waals surface area contributed by atoms with Gasteiger partial charge in [0.05, 0.1) is 0 Å². The molecular formula is C14H19BrO. The number of hydrogen-bond donors (Lipinski definition) is 0. The molecule has 0 saturated carbocycles. The summed E-state index contributed by atoms with van der Waals surface area (Å²) >= 11 is 3.54. The van der Waals surface area contributed by atoms with Crippen molar-refractivity contribution in [2.45, 2.75) is 39.5 Å². The standard InChI is InChI=1S/C14H19BrO/c1-3-6-13(16)10-11(2)9-12-7-4-5-8-14(12)15/h4-5,7-8,11H,3,6,9-10H2,1-2H3. The van der Waals surface area contributed by atoms with Crippen LogP contribution in [0.4, 0.5) is 0 Å². The molecule has 0 amide bonds. The highest BCUT2D eigenvalue weighted by atomic mass is 79.9. The van der Waals surface area contributed by atoms with Gasteiger partial charge in [-0.15, -0.1) is 0 Å². The van der Waals surface area contributed by atoms with Gasteiger partial charge in [-0.25, -0.2) is 0 Å². The van der Waals surface area contributed by atoms with Gasteiger partial charge in [0.25, 0.3) is 0 Å². The minimum absolute atomic E-state index is 0.391. The van der Waals surface area contributed by atoms with E-state index >= 15 is 0 Å². The monoisotopic (exact) mass is 282 g/mol. The minimum Gasteiger partial charge on any atom is -0.300 e. The minimum atomic E-state index is 0.391. The van der Waals surface area contributed by atoms with Crippen LogP contribution in [0.25, 0.3) is 0 Å². The molecule has 0 aliphatic rings. The molecule has 0 bridgehead atoms. The Balaban J connectivity index is 2.48. The summed E-state index contributed by atoms with van der Waals surface area (Å²) in [5.41, 5.74) is 1.29. The van der Waals surface area contributed by atoms with E-state index in [4.69, 9.17) is 0 Å². The number of ketones is 1. The predicted octanol–water partition coefficient (Wildman–Crippen LogP) is 4.39. The summed E-state index contributed by atoms with van der Waals surface area (Å²) in [6.45, 7) is 4.20. The number of benzene rings is 1. The highest BCUT2D eigenvalue weighted by Gasteiger charge is 2.10. The second-order valence-electron chi connectivity index (χ2n) is 4.39. The number of halogens is 1. The van der Waals surface area contributed by atoms with Gasteiger partial charge in [-0.3, -0.25) is 4.79 Å². The summed E-state index contributed by atoms with van der Waals surface area (Å²) in [7, 11) is 0. The van der Waals surface area contributed by atoms with Gasteiger partial charge in [0.2, 0.25) is 0 Å². The summed E-state index contributed by atoms with van der Waals surface area (Å²) in [6, 6.07) is 8.22. The Morgan fingerprint density at radius 1 is 1.38 bits per heavy atom. The van der Waals surface area contributed by atoms with Crippen LogP contribution in [0.2, 0.25) is 0 Å². The Labute approximate surface area is 106 Å². The van der Waals surface area contributed by atoms with Crippen molar-refractivity contribution in [3.05, 3.63) is 34.3 Å². The molecule has 0 spiro atoms. The van der Waals surface area contributed by atoms with Crippen LogP contribution in [0, 0.1) is 5.92 Å². The number of carbonyl (C=O) groups excluding carboxylic acids is 1. The van der Waals surface area contributed by atoms with Crippen LogP contribution >= 0.6 is 15.9 Å². The number of carbonyl (C=O) groups is 1. The molecule has 0 saturated heterocycles. The molecule has 1 atom stereocenters. The van der Waals surface area contributed by atoms with Crippen molar-refractivity contribution in [1.29, 1.82) is 0 Å². The van der Waals surface area contributed by atoms with Gasteiger partial charge >= 0.3 is 0 Å². The SMILES string of the molecule is CCCC(=O)CC(C)Cc1ccccc1Br. The summed E-state index contributed by atoms with van der Waals surface area (Å²) in [5.74, 6) is 0.819. The molecule has 1 rings (SSSR count). The summed E-state index contributed by atoms with van der Waals surface area (Å²) < 4.78 is 1.14. The Morgan fingerprint density at radius 3 is 2.69 bits per heavy atom. The van der Waals surface area contributed by atoms with E-state index in [0.717, 1.165) is 23.7 Å². The molecule has 1 aromatic carbocycles. The van der Waals surface area contributed by atoms with Crippen molar-refractivity contribution in [1.82, 2.24) is 0 Å². The van der Waals surface area contributed by atoms with Crippen LogP contribution in [0.3, 0.4) is 0 Å². The van der Waals surface area contributed by atoms with Crippen LogP contribution in [0.1, 0.15) is 38.7 Å². The molecule has 0 N–H and O–H groups in total. The third kappa shape index (κ3) is 4.48. The largest absolute Gasteiger partial charge is 0.300 e. The highest BCUT2D eigenvalue weighted by Crippen LogP contribution is 2.21. The third-order valence-electron chi connectivity index (χ3n) is 2.63. The van der Waals surface area contributed by atoms with Crippen LogP contribution in [0.5, 0.6) is 0 Å². The van der Waals surface area contributed by atoms with Crippen molar-refractivity contribution in [3.63, 3.8) is 0 Å². The topological polar surface area (TPSA) is 17.1 Å². The first-order valence-electron chi connectivity index (χ1n) is 5.88. The average Bonchev–Trinajstić information content (AvgIpc) is 2.21. The molecule has 1 unspecified atom stereocenters. The van der Waals surface area contributed by atoms with E-state index in [2.05, 4.69) is 41.9 Å². The zero-order valence-electron chi connectivity index (χ0n) is 10.0. The molecule has 1 nitrogen and oxygen atoms in total. The lowest BCUT2D eigenvalue weighted by molar-refractivity contribution is -0.119. The molecule has 0 heterocycles. The van der Waals surface area contributed by atoms with Gasteiger partial charge in [0.15, 0.2) is 0 Å². The van der Waals surface area contributed by atoms with Gasteiger partial charge in [0, 0.05) is 17.3 Å². The van der Waals surface area contributed by atoms with E-state index in [1.165, 1.54) is 5.56 Å². The Bertz CT molecular complexity index is 346. The van der Waals surface area contributed by atoms with E-state index in [1.54, 1.807) is 0 Å². The van der Waals surface area contributed by atoms with Crippen LogP contribution < -0.4 is 0 Å². The molecule has 0 fully saturated rings. The van der Waals surface area contributed by atoms with Gasteiger partial charge in [-0.1, -0.05) is 48.0 Å². The van der Waals surface area contributed by atoms with Crippen molar-refractivity contribution in [2.24, 2.45) is 5.92 Å². The maximum absolute atomic E-state index is 11.5. The number of Topliss-reactive ketones (excluding diaryl/α,β-unsaturated/α-hetero) is 1. The quantitative estimate of drug-likeness (QED) is 0.756. The Kier molecular flexibility index (Phi) is 5.75. The van der Waals surface area contributed by atoms with Crippen molar-refractivity contribution < 1.29 is 4.79 Å². The van der Waals surface area contributed by atoms with E-state index in [0.29, 0.717) is 18.1 Å². The van der Waals surface area contributed by atoms with Crippen molar-refractivity contribution >= 4 is 21.7 Å². The normalized spacial score (nSPS) is 12.4. The molecule has 16 heavy (non-hydrogen) atoms. The molecule has 1 aromatic rings. The van der Waals surface area contributed by atoms with Crippen LogP contribution in [0.15, 0.2) is 28.7 Å². The second-order valence-corrected chi connectivity index (χ2v) is 5.25. The Morgan fingerprint density at radius 2 is 2.06 bits per heavy atom. The molecule has 0 aromatic heterocycles. The van der Waals surface area contributed by atoms with Gasteiger partial charge < -0.3 is 0 Å². The fraction of sp³-hybridized carbons (Fsp3) is 0.500. The lowest BCUT2D eigenvalue weighted by Crippen LogP contribution is -2.08. The van der Waals surface area contributed by atoms with E-state index < -0.39 is 0 Å². The number of hydrogen-bond acceptors (Lipinski definition) is 1. The maximum Gasteiger partial charge on any atom is 0.133 e. The fourth-order valence-corrected chi connectivity index (χ4v) is 2.33. The van der Waals surface area contributed by atoms with Crippen LogP contribution in [-0.2, 0) is 11.2 Å². The fourth-order valence-electron chi connectivity index (χ4n) is 1.88. The van der Waals surface area contributed by atoms with E-state index in [1.807, 2.05) is 12.1 Å². The van der Waals surface area contributed by atoms with Gasteiger partial charge in [-0.05, 0) is 30.4 Å². The zero-order chi connectivity index (χ0) is 12.0. The molecule has 0 aliphatic carbocycles. The smallest absolute Gasteiger partial charge is 0.133 e.